The number of H-pyrrole nitrogens is 1. The van der Waals surface area contributed by atoms with Crippen molar-refractivity contribution in [3.05, 3.63) is 63.2 Å². The summed E-state index contributed by atoms with van der Waals surface area (Å²) in [6.07, 6.45) is -8.07. The van der Waals surface area contributed by atoms with Gasteiger partial charge in [0.15, 0.2) is 6.23 Å². The van der Waals surface area contributed by atoms with Gasteiger partial charge in [-0.2, -0.15) is 9.48 Å². The van der Waals surface area contributed by atoms with E-state index in [1.165, 1.54) is 26.0 Å². The number of nitrogens with zero attached hydrogens (tertiary/aromatic N) is 1. The maximum absolute atomic E-state index is 15.7. The van der Waals surface area contributed by atoms with Gasteiger partial charge in [-0.3, -0.25) is 23.7 Å². The molecule has 0 bridgehead atoms. The zero-order chi connectivity index (χ0) is 29.1. The third kappa shape index (κ3) is 6.79. The fourth-order valence-electron chi connectivity index (χ4n) is 3.80. The summed E-state index contributed by atoms with van der Waals surface area (Å²) in [5, 5.41) is 13.1. The maximum atomic E-state index is 15.7. The molecule has 1 aliphatic rings. The predicted octanol–water partition coefficient (Wildman–Crippen LogP) is 2.13. The van der Waals surface area contributed by atoms with Crippen molar-refractivity contribution in [2.45, 2.75) is 70.0 Å². The lowest BCUT2D eigenvalue weighted by Crippen LogP contribution is -2.49. The summed E-state index contributed by atoms with van der Waals surface area (Å²) in [4.78, 5) is 37.5. The van der Waals surface area contributed by atoms with Gasteiger partial charge in [0.1, 0.15) is 30.7 Å². The van der Waals surface area contributed by atoms with Gasteiger partial charge in [-0.15, -0.1) is 0 Å². The van der Waals surface area contributed by atoms with Gasteiger partial charge in [0, 0.05) is 0 Å². The Morgan fingerprint density at radius 1 is 1.26 bits per heavy atom. The molecule has 0 spiro atoms. The van der Waals surface area contributed by atoms with E-state index in [2.05, 4.69) is 5.09 Å². The number of rotatable bonds is 11. The first kappa shape index (κ1) is 30.6. The summed E-state index contributed by atoms with van der Waals surface area (Å²) in [5.41, 5.74) is -6.04. The van der Waals surface area contributed by atoms with E-state index in [4.69, 9.17) is 18.5 Å². The number of ether oxygens (including phenoxy) is 2. The molecule has 1 unspecified atom stereocenters. The molecular weight excluding hydrogens is 550 g/mol. The third-order valence-corrected chi connectivity index (χ3v) is 7.44. The summed E-state index contributed by atoms with van der Waals surface area (Å²) in [6.45, 7) is 3.83. The van der Waals surface area contributed by atoms with Crippen LogP contribution in [0.5, 0.6) is 5.75 Å². The van der Waals surface area contributed by atoms with E-state index in [1.807, 2.05) is 0 Å². The standard InChI is InChI=1S/C23H29F3N3O9P/c1-12(2)35-20(32)13(3)28-39(34,38-15-8-6-5-7-9-15)37-14(4)17-18(30)23(26,11-24)21(36-17)29-10-16(25)19(31)27-22(29)33/h5-10,12-14,17-18,21,30H,11H2,1-4H3,(H,28,34)(H,27,31,33)/t13-,14-,17+,18?,21+,23+,39+/m0/s1. The molecule has 3 N–H and O–H groups in total. The molecular formula is C23H29F3N3O9P. The van der Waals surface area contributed by atoms with Crippen molar-refractivity contribution in [3.8, 4) is 5.75 Å². The molecule has 1 aromatic carbocycles. The maximum Gasteiger partial charge on any atom is 0.459 e. The molecule has 1 fully saturated rings. The Kier molecular flexibility index (Phi) is 9.44. The first-order valence-corrected chi connectivity index (χ1v) is 13.4. The Labute approximate surface area is 220 Å². The zero-order valence-corrected chi connectivity index (χ0v) is 22.3. The molecule has 1 saturated heterocycles. The van der Waals surface area contributed by atoms with Crippen LogP contribution in [0.3, 0.4) is 0 Å². The summed E-state index contributed by atoms with van der Waals surface area (Å²) in [7, 11) is -4.53. The van der Waals surface area contributed by atoms with E-state index in [0.29, 0.717) is 6.20 Å². The third-order valence-electron chi connectivity index (χ3n) is 5.67. The summed E-state index contributed by atoms with van der Waals surface area (Å²) >= 11 is 0. The molecule has 12 nitrogen and oxygen atoms in total. The Bertz CT molecular complexity index is 1330. The van der Waals surface area contributed by atoms with Crippen LogP contribution in [0.4, 0.5) is 13.2 Å². The molecule has 0 amide bonds. The minimum Gasteiger partial charge on any atom is -0.462 e. The Balaban J connectivity index is 1.91. The smallest absolute Gasteiger partial charge is 0.459 e. The number of para-hydroxylation sites is 1. The van der Waals surface area contributed by atoms with Gasteiger partial charge < -0.3 is 19.1 Å². The van der Waals surface area contributed by atoms with Crippen molar-refractivity contribution in [3.63, 3.8) is 0 Å². The van der Waals surface area contributed by atoms with E-state index < -0.39 is 79.8 Å². The van der Waals surface area contributed by atoms with Crippen molar-refractivity contribution in [1.82, 2.24) is 14.6 Å². The highest BCUT2D eigenvalue weighted by molar-refractivity contribution is 7.52. The Morgan fingerprint density at radius 2 is 1.90 bits per heavy atom. The lowest BCUT2D eigenvalue weighted by Gasteiger charge is -2.29. The lowest BCUT2D eigenvalue weighted by atomic mass is 9.95. The average molecular weight is 579 g/mol. The number of carbonyl (C=O) groups is 1. The number of aliphatic hydroxyl groups is 1. The molecule has 0 radical (unpaired) electrons. The molecule has 7 atom stereocenters. The fraction of sp³-hybridized carbons (Fsp3) is 0.522. The second-order valence-electron chi connectivity index (χ2n) is 9.15. The van der Waals surface area contributed by atoms with Gasteiger partial charge in [0.05, 0.1) is 18.4 Å². The second-order valence-corrected chi connectivity index (χ2v) is 10.8. The Hall–Kier alpha value is -2.97. The number of hydrogen-bond acceptors (Lipinski definition) is 9. The van der Waals surface area contributed by atoms with Crippen LogP contribution >= 0.6 is 7.75 Å². The number of hydrogen-bond donors (Lipinski definition) is 3. The van der Waals surface area contributed by atoms with Crippen LogP contribution in [-0.2, 0) is 23.4 Å². The average Bonchev–Trinajstić information content (AvgIpc) is 3.12. The van der Waals surface area contributed by atoms with Crippen molar-refractivity contribution in [1.29, 1.82) is 0 Å². The predicted molar refractivity (Wildman–Crippen MR) is 130 cm³/mol. The number of alkyl halides is 2. The first-order chi connectivity index (χ1) is 18.2. The van der Waals surface area contributed by atoms with E-state index in [-0.39, 0.29) is 10.3 Å². The van der Waals surface area contributed by atoms with Gasteiger partial charge in [-0.25, -0.2) is 18.1 Å². The molecule has 1 aromatic heterocycles. The van der Waals surface area contributed by atoms with Gasteiger partial charge in [0.25, 0.3) is 5.56 Å². The molecule has 1 aliphatic heterocycles. The lowest BCUT2D eigenvalue weighted by molar-refractivity contribution is -0.149. The monoisotopic (exact) mass is 579 g/mol. The number of aromatic amines is 1. The molecule has 16 heteroatoms. The zero-order valence-electron chi connectivity index (χ0n) is 21.4. The van der Waals surface area contributed by atoms with Crippen molar-refractivity contribution in [2.75, 3.05) is 6.67 Å². The van der Waals surface area contributed by atoms with E-state index in [1.54, 1.807) is 37.0 Å². The summed E-state index contributed by atoms with van der Waals surface area (Å²) in [5.74, 6) is -2.24. The van der Waals surface area contributed by atoms with Crippen LogP contribution in [0.1, 0.15) is 33.9 Å². The van der Waals surface area contributed by atoms with Crippen LogP contribution in [0.25, 0.3) is 0 Å². The molecule has 0 aliphatic carbocycles. The van der Waals surface area contributed by atoms with Crippen LogP contribution < -0.4 is 20.9 Å². The van der Waals surface area contributed by atoms with Crippen LogP contribution in [-0.4, -0.2) is 63.4 Å². The minimum absolute atomic E-state index is 0.0505. The molecule has 39 heavy (non-hydrogen) atoms. The van der Waals surface area contributed by atoms with Gasteiger partial charge in [0.2, 0.25) is 11.5 Å². The largest absolute Gasteiger partial charge is 0.462 e. The molecule has 2 aromatic rings. The molecule has 0 saturated carbocycles. The molecule has 3 rings (SSSR count). The topological polar surface area (TPSA) is 158 Å². The van der Waals surface area contributed by atoms with Gasteiger partial charge >= 0.3 is 19.4 Å². The molecule has 2 heterocycles. The highest BCUT2D eigenvalue weighted by Crippen LogP contribution is 2.49. The second kappa shape index (κ2) is 12.0. The highest BCUT2D eigenvalue weighted by Gasteiger charge is 2.61. The summed E-state index contributed by atoms with van der Waals surface area (Å²) < 4.78 is 79.0. The number of aromatic nitrogens is 2. The highest BCUT2D eigenvalue weighted by atomic mass is 31.2. The number of halogens is 3. The normalized spacial score (nSPS) is 26.1. The van der Waals surface area contributed by atoms with Crippen molar-refractivity contribution in [2.24, 2.45) is 0 Å². The van der Waals surface area contributed by atoms with E-state index >= 15 is 4.39 Å². The first-order valence-electron chi connectivity index (χ1n) is 11.8. The van der Waals surface area contributed by atoms with E-state index in [9.17, 15) is 32.8 Å². The van der Waals surface area contributed by atoms with Crippen LogP contribution in [0, 0.1) is 5.82 Å². The SMILES string of the molecule is CC(C)OC(=O)[C@H](C)N[P@](=O)(Oc1ccccc1)O[C@@H](C)[C@H]1O[C@@H](n2cc(F)c(=O)[nH]c2=O)[C@@](F)(CF)C1O. The van der Waals surface area contributed by atoms with Crippen LogP contribution in [0.2, 0.25) is 0 Å². The fourth-order valence-corrected chi connectivity index (χ4v) is 5.49. The number of esters is 1. The minimum atomic E-state index is -4.53. The van der Waals surface area contributed by atoms with Gasteiger partial charge in [-0.1, -0.05) is 18.2 Å². The quantitative estimate of drug-likeness (QED) is 0.266. The Morgan fingerprint density at radius 3 is 2.49 bits per heavy atom. The number of carbonyl (C=O) groups excluding carboxylic acids is 1. The van der Waals surface area contributed by atoms with E-state index in [0.717, 1.165) is 0 Å². The summed E-state index contributed by atoms with van der Waals surface area (Å²) in [6, 6.07) is 6.42. The van der Waals surface area contributed by atoms with Crippen molar-refractivity contribution >= 4 is 13.7 Å². The molecule has 216 valence electrons. The van der Waals surface area contributed by atoms with Gasteiger partial charge in [-0.05, 0) is 39.8 Å². The van der Waals surface area contributed by atoms with Crippen molar-refractivity contribution < 1.29 is 46.2 Å². The number of nitrogens with one attached hydrogen (secondary N) is 2. The number of benzene rings is 1. The van der Waals surface area contributed by atoms with Crippen LogP contribution in [0.15, 0.2) is 46.1 Å². The number of aliphatic hydroxyl groups excluding tert-OH is 1.